The van der Waals surface area contributed by atoms with E-state index in [1.54, 1.807) is 23.1 Å². The number of halogens is 2. The Kier molecular flexibility index (Phi) is 9.48. The van der Waals surface area contributed by atoms with Gasteiger partial charge in [-0.1, -0.05) is 56.1 Å². The topological polar surface area (TPSA) is 67.9 Å². The first kappa shape index (κ1) is 26.2. The Morgan fingerprint density at radius 2 is 1.74 bits per heavy atom. The van der Waals surface area contributed by atoms with Crippen molar-refractivity contribution in [3.05, 3.63) is 57.6 Å². The minimum atomic E-state index is -0.626. The van der Waals surface area contributed by atoms with Crippen molar-refractivity contribution in [2.75, 3.05) is 19.8 Å². The molecule has 2 aromatic carbocycles. The molecule has 0 saturated heterocycles. The lowest BCUT2D eigenvalue weighted by Crippen LogP contribution is -2.49. The van der Waals surface area contributed by atoms with Gasteiger partial charge in [0.05, 0.1) is 0 Å². The Labute approximate surface area is 211 Å². The van der Waals surface area contributed by atoms with Gasteiger partial charge in [-0.3, -0.25) is 9.59 Å². The Balaban J connectivity index is 1.79. The number of ether oxygens (including phenoxy) is 2. The Hall–Kier alpha value is -2.44. The van der Waals surface area contributed by atoms with Gasteiger partial charge in [0, 0.05) is 35.1 Å². The summed E-state index contributed by atoms with van der Waals surface area (Å²) < 4.78 is 11.2. The molecule has 0 saturated carbocycles. The fourth-order valence-electron chi connectivity index (χ4n) is 3.83. The van der Waals surface area contributed by atoms with Crippen molar-refractivity contribution in [2.45, 2.75) is 52.6 Å². The molecule has 2 amide bonds. The van der Waals surface area contributed by atoms with Gasteiger partial charge < -0.3 is 19.7 Å². The average Bonchev–Trinajstić information content (AvgIpc) is 2.82. The minimum absolute atomic E-state index is 0.141. The lowest BCUT2D eigenvalue weighted by molar-refractivity contribution is -0.141. The van der Waals surface area contributed by atoms with Gasteiger partial charge in [-0.15, -0.1) is 0 Å². The molecule has 1 N–H and O–H groups in total. The summed E-state index contributed by atoms with van der Waals surface area (Å²) in [6.45, 7) is 7.69. The zero-order valence-electron chi connectivity index (χ0n) is 19.9. The molecule has 1 aliphatic rings. The summed E-state index contributed by atoms with van der Waals surface area (Å²) in [6, 6.07) is 10.3. The van der Waals surface area contributed by atoms with Crippen LogP contribution < -0.4 is 14.8 Å². The van der Waals surface area contributed by atoms with E-state index in [9.17, 15) is 9.59 Å². The van der Waals surface area contributed by atoms with E-state index in [1.807, 2.05) is 39.0 Å². The van der Waals surface area contributed by atoms with E-state index in [1.165, 1.54) is 0 Å². The van der Waals surface area contributed by atoms with E-state index in [-0.39, 0.29) is 24.8 Å². The van der Waals surface area contributed by atoms with Crippen molar-refractivity contribution >= 4 is 35.0 Å². The van der Waals surface area contributed by atoms with Crippen LogP contribution in [0, 0.1) is 5.92 Å². The van der Waals surface area contributed by atoms with Crippen molar-refractivity contribution in [3.63, 3.8) is 0 Å². The summed E-state index contributed by atoms with van der Waals surface area (Å²) in [4.78, 5) is 28.1. The first-order valence-electron chi connectivity index (χ1n) is 11.7. The fraction of sp³-hybridized carbons (Fsp3) is 0.462. The third-order valence-corrected chi connectivity index (χ3v) is 6.40. The van der Waals surface area contributed by atoms with Crippen LogP contribution in [0.15, 0.2) is 36.4 Å². The van der Waals surface area contributed by atoms with Crippen molar-refractivity contribution in [1.82, 2.24) is 10.2 Å². The Bertz CT molecular complexity index is 992. The summed E-state index contributed by atoms with van der Waals surface area (Å²) in [5.41, 5.74) is 1.60. The molecule has 0 aliphatic carbocycles. The third kappa shape index (κ3) is 6.80. The number of carbonyl (C=O) groups is 2. The molecule has 184 valence electrons. The molecule has 0 radical (unpaired) electrons. The smallest absolute Gasteiger partial charge is 0.242 e. The molecule has 1 aliphatic heterocycles. The summed E-state index contributed by atoms with van der Waals surface area (Å²) in [5, 5.41) is 3.90. The molecule has 0 aromatic heterocycles. The number of carbonyl (C=O) groups excluding carboxylic acids is 2. The molecule has 2 aromatic rings. The largest absolute Gasteiger partial charge is 0.486 e. The van der Waals surface area contributed by atoms with Gasteiger partial charge in [0.2, 0.25) is 11.8 Å². The molecule has 0 spiro atoms. The number of rotatable bonds is 10. The van der Waals surface area contributed by atoms with Gasteiger partial charge in [-0.05, 0) is 48.6 Å². The summed E-state index contributed by atoms with van der Waals surface area (Å²) in [5.74, 6) is 1.39. The van der Waals surface area contributed by atoms with Crippen molar-refractivity contribution < 1.29 is 19.1 Å². The lowest BCUT2D eigenvalue weighted by atomic mass is 10.1. The number of nitrogens with one attached hydrogen (secondary N) is 1. The number of fused-ring (bicyclic) bond motifs is 1. The third-order valence-electron chi connectivity index (χ3n) is 5.69. The quantitative estimate of drug-likeness (QED) is 0.476. The zero-order chi connectivity index (χ0) is 24.7. The van der Waals surface area contributed by atoms with Crippen LogP contribution in [0.4, 0.5) is 0 Å². The highest BCUT2D eigenvalue weighted by Gasteiger charge is 2.29. The highest BCUT2D eigenvalue weighted by atomic mass is 35.5. The molecular weight excluding hydrogens is 475 g/mol. The van der Waals surface area contributed by atoms with Crippen molar-refractivity contribution in [1.29, 1.82) is 0 Å². The summed E-state index contributed by atoms with van der Waals surface area (Å²) >= 11 is 12.8. The molecule has 0 unspecified atom stereocenters. The van der Waals surface area contributed by atoms with Crippen LogP contribution in [-0.2, 0) is 22.6 Å². The van der Waals surface area contributed by atoms with Crippen molar-refractivity contribution in [3.8, 4) is 11.5 Å². The second-order valence-corrected chi connectivity index (χ2v) is 9.58. The summed E-state index contributed by atoms with van der Waals surface area (Å²) in [6.07, 6.45) is 1.21. The van der Waals surface area contributed by atoms with Crippen LogP contribution in [-0.4, -0.2) is 42.5 Å². The number of benzene rings is 2. The lowest BCUT2D eigenvalue weighted by Gasteiger charge is -2.31. The second-order valence-electron chi connectivity index (χ2n) is 8.76. The molecule has 8 heteroatoms. The number of aryl methyl sites for hydroxylation is 1. The normalized spacial score (nSPS) is 13.5. The Morgan fingerprint density at radius 3 is 2.38 bits per heavy atom. The molecule has 0 bridgehead atoms. The van der Waals surface area contributed by atoms with E-state index in [4.69, 9.17) is 32.7 Å². The highest BCUT2D eigenvalue weighted by molar-refractivity contribution is 6.36. The Morgan fingerprint density at radius 1 is 1.06 bits per heavy atom. The number of amides is 2. The summed E-state index contributed by atoms with van der Waals surface area (Å²) in [7, 11) is 0. The highest BCUT2D eigenvalue weighted by Crippen LogP contribution is 2.31. The van der Waals surface area contributed by atoms with Gasteiger partial charge in [0.1, 0.15) is 19.3 Å². The maximum Gasteiger partial charge on any atom is 0.242 e. The first-order valence-corrected chi connectivity index (χ1v) is 12.4. The standard InChI is InChI=1S/C26H32Cl2N2O4/c1-4-22(26(32)29-15-17(2)3)30(16-19-20(27)6-5-7-21(19)28)25(31)11-9-18-8-10-23-24(14-18)34-13-12-33-23/h5-8,10,14,17,22H,4,9,11-13,15-16H2,1-3H3,(H,29,32)/t22-/m0/s1. The molecule has 1 heterocycles. The fourth-order valence-corrected chi connectivity index (χ4v) is 4.35. The van der Waals surface area contributed by atoms with Gasteiger partial charge in [-0.25, -0.2) is 0 Å². The monoisotopic (exact) mass is 506 g/mol. The van der Waals surface area contributed by atoms with Gasteiger partial charge in [-0.2, -0.15) is 0 Å². The van der Waals surface area contributed by atoms with Gasteiger partial charge in [0.15, 0.2) is 11.5 Å². The zero-order valence-corrected chi connectivity index (χ0v) is 21.4. The van der Waals surface area contributed by atoms with E-state index in [2.05, 4.69) is 5.32 Å². The molecule has 3 rings (SSSR count). The van der Waals surface area contributed by atoms with E-state index in [0.717, 1.165) is 5.56 Å². The van der Waals surface area contributed by atoms with Crippen LogP contribution in [0.5, 0.6) is 11.5 Å². The predicted octanol–water partition coefficient (Wildman–Crippen LogP) is 5.28. The van der Waals surface area contributed by atoms with Crippen molar-refractivity contribution in [2.24, 2.45) is 5.92 Å². The van der Waals surface area contributed by atoms with E-state index in [0.29, 0.717) is 65.6 Å². The number of hydrogen-bond acceptors (Lipinski definition) is 4. The van der Waals surface area contributed by atoms with Gasteiger partial charge in [0.25, 0.3) is 0 Å². The number of hydrogen-bond donors (Lipinski definition) is 1. The van der Waals surface area contributed by atoms with Crippen LogP contribution >= 0.6 is 23.2 Å². The van der Waals surface area contributed by atoms with Crippen LogP contribution in [0.2, 0.25) is 10.0 Å². The van der Waals surface area contributed by atoms with Gasteiger partial charge >= 0.3 is 0 Å². The van der Waals surface area contributed by atoms with E-state index < -0.39 is 6.04 Å². The van der Waals surface area contributed by atoms with Crippen LogP contribution in [0.1, 0.15) is 44.7 Å². The molecular formula is C26H32Cl2N2O4. The van der Waals surface area contributed by atoms with E-state index >= 15 is 0 Å². The van der Waals surface area contributed by atoms with Crippen LogP contribution in [0.25, 0.3) is 0 Å². The molecule has 34 heavy (non-hydrogen) atoms. The first-order chi connectivity index (χ1) is 16.3. The maximum atomic E-state index is 13.5. The SMILES string of the molecule is CC[C@@H](C(=O)NCC(C)C)N(Cc1c(Cl)cccc1Cl)C(=O)CCc1ccc2c(c1)OCCO2. The molecule has 1 atom stereocenters. The average molecular weight is 507 g/mol. The second kappa shape index (κ2) is 12.3. The molecule has 6 nitrogen and oxygen atoms in total. The predicted molar refractivity (Wildman–Crippen MR) is 135 cm³/mol. The van der Waals surface area contributed by atoms with Crippen LogP contribution in [0.3, 0.4) is 0 Å². The minimum Gasteiger partial charge on any atom is -0.486 e. The number of nitrogens with zero attached hydrogens (tertiary/aromatic N) is 1. The maximum absolute atomic E-state index is 13.5. The molecule has 0 fully saturated rings.